The zero-order valence-corrected chi connectivity index (χ0v) is 24.2. The van der Waals surface area contributed by atoms with Crippen molar-refractivity contribution in [2.45, 2.75) is 39.5 Å². The van der Waals surface area contributed by atoms with Crippen LogP contribution < -0.4 is 0 Å². The zero-order valence-electron chi connectivity index (χ0n) is 18.5. The summed E-state index contributed by atoms with van der Waals surface area (Å²) in [6.07, 6.45) is 14.3. The molecule has 0 radical (unpaired) electrons. The monoisotopic (exact) mass is 625 g/mol. The first-order valence-electron chi connectivity index (χ1n) is 11.1. The SMILES string of the molecule is CC1(C)[C-]=CC=C1.[Br][Zr+2][Br].c1ccc2[cH-]c(-n3c4c(c5ccccc53)CCCC4)cc2c1. The molecule has 2 aliphatic carbocycles. The van der Waals surface area contributed by atoms with E-state index in [0.29, 0.717) is 0 Å². The molecule has 2 aliphatic rings. The smallest absolute Gasteiger partial charge is 0.0516 e. The van der Waals surface area contributed by atoms with Crippen LogP contribution in [-0.4, -0.2) is 4.57 Å². The van der Waals surface area contributed by atoms with E-state index < -0.39 is 0 Å². The van der Waals surface area contributed by atoms with Crippen LogP contribution in [0.3, 0.4) is 0 Å². The van der Waals surface area contributed by atoms with Gasteiger partial charge in [0.05, 0.1) is 5.52 Å². The third-order valence-corrected chi connectivity index (χ3v) is 6.10. The van der Waals surface area contributed by atoms with Gasteiger partial charge in [-0.15, -0.1) is 41.1 Å². The molecule has 0 aliphatic heterocycles. The van der Waals surface area contributed by atoms with Crippen LogP contribution in [0.5, 0.6) is 0 Å². The quantitative estimate of drug-likeness (QED) is 0.186. The van der Waals surface area contributed by atoms with Gasteiger partial charge in [0, 0.05) is 11.1 Å². The molecule has 0 N–H and O–H groups in total. The second kappa shape index (κ2) is 10.9. The van der Waals surface area contributed by atoms with Gasteiger partial charge in [0.15, 0.2) is 0 Å². The Kier molecular flexibility index (Phi) is 8.19. The molecule has 0 amide bonds. The van der Waals surface area contributed by atoms with Gasteiger partial charge in [-0.05, 0) is 43.0 Å². The number of fused-ring (bicyclic) bond motifs is 4. The molecule has 0 spiro atoms. The van der Waals surface area contributed by atoms with Crippen molar-refractivity contribution in [3.63, 3.8) is 0 Å². The number of halogens is 2. The fraction of sp³-hybridized carbons (Fsp3) is 0.250. The Labute approximate surface area is 214 Å². The molecule has 6 rings (SSSR count). The summed E-state index contributed by atoms with van der Waals surface area (Å²) in [6, 6.07) is 22.2. The van der Waals surface area contributed by atoms with Crippen molar-refractivity contribution in [3.8, 4) is 5.69 Å². The van der Waals surface area contributed by atoms with E-state index in [1.165, 1.54) is 58.7 Å². The predicted octanol–water partition coefficient (Wildman–Crippen LogP) is 9.01. The van der Waals surface area contributed by atoms with Crippen molar-refractivity contribution >= 4 is 46.1 Å². The topological polar surface area (TPSA) is 4.93 Å². The van der Waals surface area contributed by atoms with E-state index >= 15 is 0 Å². The normalized spacial score (nSPS) is 15.5. The Hall–Kier alpha value is -1.09. The van der Waals surface area contributed by atoms with Crippen LogP contribution in [0, 0.1) is 11.5 Å². The van der Waals surface area contributed by atoms with Crippen LogP contribution in [0.25, 0.3) is 27.4 Å². The number of benzene rings is 2. The summed E-state index contributed by atoms with van der Waals surface area (Å²) >= 11 is 6.32. The fourth-order valence-electron chi connectivity index (χ4n) is 4.65. The minimum absolute atomic E-state index is 0.145. The summed E-state index contributed by atoms with van der Waals surface area (Å²) in [5.41, 5.74) is 6.00. The summed E-state index contributed by atoms with van der Waals surface area (Å²) in [4.78, 5) is 0. The van der Waals surface area contributed by atoms with Gasteiger partial charge >= 0.3 is 43.0 Å². The summed E-state index contributed by atoms with van der Waals surface area (Å²) in [5.74, 6) is 0. The van der Waals surface area contributed by atoms with Crippen LogP contribution in [0.15, 0.2) is 78.9 Å². The molecule has 0 fully saturated rings. The fourth-order valence-corrected chi connectivity index (χ4v) is 4.65. The van der Waals surface area contributed by atoms with E-state index in [9.17, 15) is 0 Å². The van der Waals surface area contributed by atoms with Crippen LogP contribution in [0.2, 0.25) is 0 Å². The third kappa shape index (κ3) is 5.35. The van der Waals surface area contributed by atoms with Gasteiger partial charge < -0.3 is 4.57 Å². The van der Waals surface area contributed by atoms with Crippen LogP contribution in [0.1, 0.15) is 37.9 Å². The minimum Gasteiger partial charge on any atom is -0.332 e. The van der Waals surface area contributed by atoms with E-state index in [-0.39, 0.29) is 24.0 Å². The maximum Gasteiger partial charge on any atom is 0.0516 e. The number of allylic oxidation sites excluding steroid dienone is 4. The number of hydrogen-bond acceptors (Lipinski definition) is 0. The number of nitrogens with zero attached hydrogens (tertiary/aromatic N) is 1. The van der Waals surface area contributed by atoms with Gasteiger partial charge in [0.1, 0.15) is 0 Å². The van der Waals surface area contributed by atoms with Crippen molar-refractivity contribution < 1.29 is 18.5 Å². The van der Waals surface area contributed by atoms with Crippen LogP contribution >= 0.6 is 24.4 Å². The van der Waals surface area contributed by atoms with Crippen molar-refractivity contribution in [1.82, 2.24) is 4.57 Å². The third-order valence-electron chi connectivity index (χ3n) is 6.10. The second-order valence-corrected chi connectivity index (χ2v) is 20.1. The Morgan fingerprint density at radius 2 is 1.72 bits per heavy atom. The van der Waals surface area contributed by atoms with Crippen molar-refractivity contribution in [2.24, 2.45) is 5.41 Å². The molecule has 4 aromatic rings. The van der Waals surface area contributed by atoms with E-state index in [2.05, 4.69) is 116 Å². The van der Waals surface area contributed by atoms with Gasteiger partial charge in [0.2, 0.25) is 0 Å². The van der Waals surface area contributed by atoms with Gasteiger partial charge in [-0.2, -0.15) is 6.08 Å². The maximum atomic E-state index is 3.23. The Morgan fingerprint density at radius 3 is 2.41 bits per heavy atom. The molecule has 0 unspecified atom stereocenters. The van der Waals surface area contributed by atoms with Gasteiger partial charge in [-0.1, -0.05) is 43.5 Å². The van der Waals surface area contributed by atoms with Gasteiger partial charge in [-0.25, -0.2) is 12.2 Å². The zero-order chi connectivity index (χ0) is 22.6. The molecule has 0 atom stereocenters. The average Bonchev–Trinajstić information content (AvgIpc) is 3.49. The molecule has 32 heavy (non-hydrogen) atoms. The number of hydrogen-bond donors (Lipinski definition) is 0. The summed E-state index contributed by atoms with van der Waals surface area (Å²) in [6.45, 7) is 4.26. The Balaban J connectivity index is 0.000000206. The number of aromatic nitrogens is 1. The van der Waals surface area contributed by atoms with E-state index in [0.717, 1.165) is 0 Å². The molecular weight excluding hydrogens is 601 g/mol. The summed E-state index contributed by atoms with van der Waals surface area (Å²) in [7, 11) is 0. The molecule has 3 aromatic carbocycles. The van der Waals surface area contributed by atoms with E-state index in [1.54, 1.807) is 5.56 Å². The molecule has 0 saturated carbocycles. The molecule has 4 heteroatoms. The first-order chi connectivity index (χ1) is 15.5. The van der Waals surface area contributed by atoms with E-state index in [4.69, 9.17) is 0 Å². The number of aryl methyl sites for hydroxylation is 1. The second-order valence-electron chi connectivity index (χ2n) is 8.79. The predicted molar refractivity (Wildman–Crippen MR) is 142 cm³/mol. The number of para-hydroxylation sites is 1. The van der Waals surface area contributed by atoms with E-state index in [1.807, 2.05) is 12.2 Å². The molecule has 1 aromatic heterocycles. The standard InChI is InChI=1S/C21H18N.C7H9.2BrH.Zr/c1-2-8-16-14-17(13-15(16)7-1)22-20-11-5-3-9-18(20)19-10-4-6-12-21(19)22;1-7(2)5-3-4-6-7;;;/h1-3,5,7-9,11,13-14H,4,6,10,12H2;3-5H,1-2H3;2*1H;/q2*-1;;;+4/p-2. The van der Waals surface area contributed by atoms with Crippen molar-refractivity contribution in [1.29, 1.82) is 0 Å². The van der Waals surface area contributed by atoms with Crippen molar-refractivity contribution in [3.05, 3.63) is 96.2 Å². The minimum atomic E-state index is -0.145. The molecule has 162 valence electrons. The molecule has 1 heterocycles. The summed E-state index contributed by atoms with van der Waals surface area (Å²) in [5, 5.41) is 4.11. The first-order valence-corrected chi connectivity index (χ1v) is 22.3. The summed E-state index contributed by atoms with van der Waals surface area (Å²) < 4.78 is 2.50. The Bertz CT molecular complexity index is 1210. The average molecular weight is 629 g/mol. The molecule has 0 bridgehead atoms. The maximum absolute atomic E-state index is 3.23. The first kappa shape index (κ1) is 24.1. The molecule has 1 nitrogen and oxygen atoms in total. The van der Waals surface area contributed by atoms with Crippen molar-refractivity contribution in [2.75, 3.05) is 0 Å². The van der Waals surface area contributed by atoms with Crippen LogP contribution in [0.4, 0.5) is 0 Å². The Morgan fingerprint density at radius 1 is 1.00 bits per heavy atom. The largest absolute Gasteiger partial charge is 0.332 e. The van der Waals surface area contributed by atoms with Crippen LogP contribution in [-0.2, 0) is 31.4 Å². The molecular formula is C28H27Br2NZr. The van der Waals surface area contributed by atoms with Gasteiger partial charge in [0.25, 0.3) is 0 Å². The van der Waals surface area contributed by atoms with Gasteiger partial charge in [-0.3, -0.25) is 6.08 Å². The molecule has 0 saturated heterocycles. The number of rotatable bonds is 1.